The van der Waals surface area contributed by atoms with Crippen LogP contribution in [0, 0.1) is 12.7 Å². The first kappa shape index (κ1) is 18.6. The van der Waals surface area contributed by atoms with Crippen LogP contribution < -0.4 is 5.32 Å². The number of thiazole rings is 1. The van der Waals surface area contributed by atoms with Crippen LogP contribution in [-0.2, 0) is 12.2 Å². The first-order chi connectivity index (χ1) is 12.6. The van der Waals surface area contributed by atoms with Gasteiger partial charge in [0.1, 0.15) is 5.82 Å². The van der Waals surface area contributed by atoms with Crippen LogP contribution in [0.2, 0.25) is 0 Å². The summed E-state index contributed by atoms with van der Waals surface area (Å²) >= 11 is 3.22. The monoisotopic (exact) mass is 386 g/mol. The first-order valence-corrected chi connectivity index (χ1v) is 10.1. The number of thioether (sulfide) groups is 1. The van der Waals surface area contributed by atoms with E-state index in [-0.39, 0.29) is 11.7 Å². The quantitative estimate of drug-likeness (QED) is 0.590. The molecule has 1 aromatic heterocycles. The standard InChI is InChI=1S/C20H19FN2OS2/c1-14-23-16(12-25-14)13-26-19-9-5-3-7-17(19)20(24)22-11-10-15-6-2-4-8-18(15)21/h2-9,12H,10-11,13H2,1H3,(H,22,24). The Hall–Kier alpha value is -2.18. The van der Waals surface area contributed by atoms with Crippen molar-refractivity contribution in [3.63, 3.8) is 0 Å². The Bertz CT molecular complexity index is 895. The predicted octanol–water partition coefficient (Wildman–Crippen LogP) is 4.86. The highest BCUT2D eigenvalue weighted by atomic mass is 32.2. The highest BCUT2D eigenvalue weighted by molar-refractivity contribution is 7.98. The van der Waals surface area contributed by atoms with Gasteiger partial charge in [0.05, 0.1) is 16.3 Å². The fourth-order valence-electron chi connectivity index (χ4n) is 2.51. The molecule has 1 heterocycles. The van der Waals surface area contributed by atoms with Crippen molar-refractivity contribution in [3.8, 4) is 0 Å². The highest BCUT2D eigenvalue weighted by Crippen LogP contribution is 2.26. The van der Waals surface area contributed by atoms with E-state index in [0.717, 1.165) is 21.3 Å². The zero-order valence-electron chi connectivity index (χ0n) is 14.4. The van der Waals surface area contributed by atoms with Gasteiger partial charge in [-0.25, -0.2) is 9.37 Å². The minimum atomic E-state index is -0.240. The molecule has 3 aromatic rings. The van der Waals surface area contributed by atoms with Crippen molar-refractivity contribution in [2.75, 3.05) is 6.54 Å². The summed E-state index contributed by atoms with van der Waals surface area (Å²) in [5.41, 5.74) is 2.26. The van der Waals surface area contributed by atoms with Crippen molar-refractivity contribution < 1.29 is 9.18 Å². The van der Waals surface area contributed by atoms with E-state index in [1.54, 1.807) is 41.3 Å². The summed E-state index contributed by atoms with van der Waals surface area (Å²) in [6.07, 6.45) is 0.464. The molecule has 0 saturated heterocycles. The number of rotatable bonds is 7. The van der Waals surface area contributed by atoms with E-state index < -0.39 is 0 Å². The number of aromatic nitrogens is 1. The molecule has 26 heavy (non-hydrogen) atoms. The molecule has 2 aromatic carbocycles. The number of hydrogen-bond donors (Lipinski definition) is 1. The van der Waals surface area contributed by atoms with Crippen molar-refractivity contribution >= 4 is 29.0 Å². The largest absolute Gasteiger partial charge is 0.352 e. The van der Waals surface area contributed by atoms with E-state index in [2.05, 4.69) is 10.3 Å². The van der Waals surface area contributed by atoms with Gasteiger partial charge in [-0.3, -0.25) is 4.79 Å². The number of carbonyl (C=O) groups excluding carboxylic acids is 1. The number of nitrogens with zero attached hydrogens (tertiary/aromatic N) is 1. The Labute approximate surface area is 160 Å². The molecule has 0 aliphatic heterocycles. The average molecular weight is 387 g/mol. The van der Waals surface area contributed by atoms with E-state index in [9.17, 15) is 9.18 Å². The zero-order chi connectivity index (χ0) is 18.4. The number of carbonyl (C=O) groups is 1. The van der Waals surface area contributed by atoms with Gasteiger partial charge >= 0.3 is 0 Å². The maximum absolute atomic E-state index is 13.6. The van der Waals surface area contributed by atoms with Crippen LogP contribution in [0.25, 0.3) is 0 Å². The second-order valence-corrected chi connectivity index (χ2v) is 7.82. The van der Waals surface area contributed by atoms with Gasteiger partial charge in [-0.1, -0.05) is 30.3 Å². The van der Waals surface area contributed by atoms with Gasteiger partial charge in [-0.15, -0.1) is 23.1 Å². The van der Waals surface area contributed by atoms with Crippen LogP contribution in [0.4, 0.5) is 4.39 Å². The van der Waals surface area contributed by atoms with Gasteiger partial charge in [0, 0.05) is 22.6 Å². The molecule has 134 valence electrons. The molecular weight excluding hydrogens is 367 g/mol. The van der Waals surface area contributed by atoms with Crippen LogP contribution >= 0.6 is 23.1 Å². The Balaban J connectivity index is 1.59. The van der Waals surface area contributed by atoms with Gasteiger partial charge in [0.15, 0.2) is 0 Å². The summed E-state index contributed by atoms with van der Waals surface area (Å²) in [6, 6.07) is 14.2. The molecule has 1 amide bonds. The van der Waals surface area contributed by atoms with Gasteiger partial charge in [0.25, 0.3) is 5.91 Å². The van der Waals surface area contributed by atoms with Gasteiger partial charge in [-0.2, -0.15) is 0 Å². The van der Waals surface area contributed by atoms with Crippen molar-refractivity contribution in [1.82, 2.24) is 10.3 Å². The molecule has 0 aliphatic carbocycles. The number of aryl methyl sites for hydroxylation is 1. The summed E-state index contributed by atoms with van der Waals surface area (Å²) in [7, 11) is 0. The maximum atomic E-state index is 13.6. The molecule has 0 bridgehead atoms. The summed E-state index contributed by atoms with van der Waals surface area (Å²) in [4.78, 5) is 17.9. The second kappa shape index (κ2) is 8.96. The lowest BCUT2D eigenvalue weighted by Gasteiger charge is -2.10. The van der Waals surface area contributed by atoms with Crippen LogP contribution in [0.5, 0.6) is 0 Å². The van der Waals surface area contributed by atoms with Crippen molar-refractivity contribution in [2.24, 2.45) is 0 Å². The van der Waals surface area contributed by atoms with Gasteiger partial charge in [-0.05, 0) is 37.1 Å². The topological polar surface area (TPSA) is 42.0 Å². The number of nitrogens with one attached hydrogen (secondary N) is 1. The smallest absolute Gasteiger partial charge is 0.252 e. The average Bonchev–Trinajstić information content (AvgIpc) is 3.07. The van der Waals surface area contributed by atoms with E-state index in [0.29, 0.717) is 24.1 Å². The molecule has 3 nitrogen and oxygen atoms in total. The number of benzene rings is 2. The molecule has 0 atom stereocenters. The Morgan fingerprint density at radius 1 is 1.19 bits per heavy atom. The minimum Gasteiger partial charge on any atom is -0.352 e. The van der Waals surface area contributed by atoms with Crippen LogP contribution in [0.3, 0.4) is 0 Å². The predicted molar refractivity (Wildman–Crippen MR) is 105 cm³/mol. The van der Waals surface area contributed by atoms with Crippen LogP contribution in [0.15, 0.2) is 58.8 Å². The number of hydrogen-bond acceptors (Lipinski definition) is 4. The fourth-order valence-corrected chi connectivity index (χ4v) is 4.17. The Kier molecular flexibility index (Phi) is 6.41. The molecule has 1 N–H and O–H groups in total. The molecule has 0 unspecified atom stereocenters. The third-order valence-electron chi connectivity index (χ3n) is 3.81. The number of halogens is 1. The summed E-state index contributed by atoms with van der Waals surface area (Å²) in [5.74, 6) is 0.347. The lowest BCUT2D eigenvalue weighted by atomic mass is 10.1. The van der Waals surface area contributed by atoms with Crippen molar-refractivity contribution in [2.45, 2.75) is 24.0 Å². The molecule has 0 aliphatic rings. The van der Waals surface area contributed by atoms with E-state index >= 15 is 0 Å². The van der Waals surface area contributed by atoms with E-state index in [4.69, 9.17) is 0 Å². The zero-order valence-corrected chi connectivity index (χ0v) is 16.0. The number of amides is 1. The van der Waals surface area contributed by atoms with Crippen LogP contribution in [0.1, 0.15) is 26.6 Å². The normalized spacial score (nSPS) is 10.7. The van der Waals surface area contributed by atoms with Gasteiger partial charge in [0.2, 0.25) is 0 Å². The molecule has 0 fully saturated rings. The third kappa shape index (κ3) is 4.93. The second-order valence-electron chi connectivity index (χ2n) is 5.74. The minimum absolute atomic E-state index is 0.140. The lowest BCUT2D eigenvalue weighted by molar-refractivity contribution is 0.0951. The summed E-state index contributed by atoms with van der Waals surface area (Å²) in [6.45, 7) is 2.37. The first-order valence-electron chi connectivity index (χ1n) is 8.28. The highest BCUT2D eigenvalue weighted by Gasteiger charge is 2.12. The Morgan fingerprint density at radius 2 is 1.96 bits per heavy atom. The summed E-state index contributed by atoms with van der Waals surface area (Å²) in [5, 5.41) is 5.97. The van der Waals surface area contributed by atoms with E-state index in [1.165, 1.54) is 6.07 Å². The lowest BCUT2D eigenvalue weighted by Crippen LogP contribution is -2.26. The summed E-state index contributed by atoms with van der Waals surface area (Å²) < 4.78 is 13.6. The molecule has 0 saturated carbocycles. The van der Waals surface area contributed by atoms with E-state index in [1.807, 2.05) is 36.6 Å². The Morgan fingerprint density at radius 3 is 2.73 bits per heavy atom. The third-order valence-corrected chi connectivity index (χ3v) is 5.74. The molecular formula is C20H19FN2OS2. The molecule has 3 rings (SSSR count). The van der Waals surface area contributed by atoms with Crippen LogP contribution in [-0.4, -0.2) is 17.4 Å². The van der Waals surface area contributed by atoms with Gasteiger partial charge < -0.3 is 5.32 Å². The molecule has 0 spiro atoms. The SMILES string of the molecule is Cc1nc(CSc2ccccc2C(=O)NCCc2ccccc2F)cs1. The fraction of sp³-hybridized carbons (Fsp3) is 0.200. The maximum Gasteiger partial charge on any atom is 0.252 e. The molecule has 0 radical (unpaired) electrons. The molecule has 6 heteroatoms. The van der Waals surface area contributed by atoms with Crippen molar-refractivity contribution in [1.29, 1.82) is 0 Å². The van der Waals surface area contributed by atoms with Crippen molar-refractivity contribution in [3.05, 3.63) is 81.6 Å².